The van der Waals surface area contributed by atoms with Crippen LogP contribution >= 0.6 is 11.6 Å². The van der Waals surface area contributed by atoms with Crippen LogP contribution in [0.4, 0.5) is 5.69 Å². The minimum atomic E-state index is -0.490. The van der Waals surface area contributed by atoms with E-state index >= 15 is 0 Å². The lowest BCUT2D eigenvalue weighted by Crippen LogP contribution is -2.01. The molecule has 6 heteroatoms. The Bertz CT molecular complexity index is 870. The molecule has 3 rings (SSSR count). The van der Waals surface area contributed by atoms with Gasteiger partial charge in [0.1, 0.15) is 0 Å². The van der Waals surface area contributed by atoms with Crippen LogP contribution in [0.25, 0.3) is 10.9 Å². The van der Waals surface area contributed by atoms with Crippen molar-refractivity contribution in [2.24, 2.45) is 0 Å². The number of aromatic nitrogens is 1. The summed E-state index contributed by atoms with van der Waals surface area (Å²) in [5, 5.41) is 11.7. The second-order valence-electron chi connectivity index (χ2n) is 4.50. The molecule has 0 aliphatic rings. The number of H-pyrrole nitrogens is 1. The molecule has 1 N–H and O–H groups in total. The first-order chi connectivity index (χ1) is 10.1. The molecular weight excluding hydrogens is 292 g/mol. The van der Waals surface area contributed by atoms with Crippen molar-refractivity contribution in [3.63, 3.8) is 0 Å². The number of hydrogen-bond donors (Lipinski definition) is 1. The molecule has 21 heavy (non-hydrogen) atoms. The number of halogens is 1. The van der Waals surface area contributed by atoms with E-state index in [0.717, 1.165) is 0 Å². The summed E-state index contributed by atoms with van der Waals surface area (Å²) in [5.41, 5.74) is 1.33. The van der Waals surface area contributed by atoms with Crippen LogP contribution in [-0.2, 0) is 0 Å². The van der Waals surface area contributed by atoms with Gasteiger partial charge in [0.2, 0.25) is 0 Å². The average Bonchev–Trinajstić information content (AvgIpc) is 2.90. The average molecular weight is 301 g/mol. The van der Waals surface area contributed by atoms with Crippen LogP contribution in [0.1, 0.15) is 15.9 Å². The summed E-state index contributed by atoms with van der Waals surface area (Å²) in [6.07, 6.45) is 1.54. The van der Waals surface area contributed by atoms with Gasteiger partial charge in [-0.25, -0.2) is 0 Å². The number of nitro groups is 1. The van der Waals surface area contributed by atoms with E-state index in [0.29, 0.717) is 27.1 Å². The SMILES string of the molecule is O=C(c1ccccc1Cl)c1c[nH]c2ccc([N+](=O)[O-])cc12. The molecule has 0 aliphatic carbocycles. The van der Waals surface area contributed by atoms with Crippen LogP contribution < -0.4 is 0 Å². The Morgan fingerprint density at radius 3 is 2.62 bits per heavy atom. The summed E-state index contributed by atoms with van der Waals surface area (Å²) in [5.74, 6) is -0.271. The van der Waals surface area contributed by atoms with Crippen molar-refractivity contribution < 1.29 is 9.72 Å². The fraction of sp³-hybridized carbons (Fsp3) is 0. The Morgan fingerprint density at radius 1 is 1.14 bits per heavy atom. The number of nitro benzene ring substituents is 1. The largest absolute Gasteiger partial charge is 0.360 e. The van der Waals surface area contributed by atoms with Gasteiger partial charge in [0.25, 0.3) is 5.69 Å². The third-order valence-electron chi connectivity index (χ3n) is 3.24. The molecule has 1 aromatic heterocycles. The Hall–Kier alpha value is -2.66. The maximum atomic E-state index is 12.5. The van der Waals surface area contributed by atoms with E-state index in [1.807, 2.05) is 0 Å². The van der Waals surface area contributed by atoms with Gasteiger partial charge in [0.15, 0.2) is 5.78 Å². The maximum absolute atomic E-state index is 12.5. The van der Waals surface area contributed by atoms with Crippen molar-refractivity contribution in [1.29, 1.82) is 0 Å². The molecule has 5 nitrogen and oxygen atoms in total. The van der Waals surface area contributed by atoms with Gasteiger partial charge in [-0.3, -0.25) is 14.9 Å². The van der Waals surface area contributed by atoms with Gasteiger partial charge < -0.3 is 4.98 Å². The number of aromatic amines is 1. The molecule has 0 atom stereocenters. The number of carbonyl (C=O) groups is 1. The fourth-order valence-corrected chi connectivity index (χ4v) is 2.42. The molecule has 3 aromatic rings. The Morgan fingerprint density at radius 2 is 1.90 bits per heavy atom. The number of nitrogens with one attached hydrogen (secondary N) is 1. The van der Waals surface area contributed by atoms with Crippen molar-refractivity contribution in [2.75, 3.05) is 0 Å². The number of ketones is 1. The molecule has 0 amide bonds. The van der Waals surface area contributed by atoms with Crippen molar-refractivity contribution in [2.45, 2.75) is 0 Å². The number of nitrogens with zero attached hydrogens (tertiary/aromatic N) is 1. The molecule has 0 unspecified atom stereocenters. The standard InChI is InChI=1S/C15H9ClN2O3/c16-13-4-2-1-3-10(13)15(19)12-8-17-14-6-5-9(18(20)21)7-11(12)14/h1-8,17H. The molecular formula is C15H9ClN2O3. The Balaban J connectivity index is 2.16. The van der Waals surface area contributed by atoms with Crippen molar-refractivity contribution >= 4 is 34.0 Å². The van der Waals surface area contributed by atoms with E-state index in [9.17, 15) is 14.9 Å². The number of fused-ring (bicyclic) bond motifs is 1. The van der Waals surface area contributed by atoms with Gasteiger partial charge in [-0.1, -0.05) is 23.7 Å². The zero-order valence-electron chi connectivity index (χ0n) is 10.7. The third kappa shape index (κ3) is 2.28. The molecule has 0 bridgehead atoms. The number of non-ortho nitro benzene ring substituents is 1. The first kappa shape index (κ1) is 13.3. The van der Waals surface area contributed by atoms with E-state index in [2.05, 4.69) is 4.98 Å². The van der Waals surface area contributed by atoms with E-state index in [1.165, 1.54) is 12.1 Å². The quantitative estimate of drug-likeness (QED) is 0.452. The molecule has 1 heterocycles. The van der Waals surface area contributed by atoms with Gasteiger partial charge in [0.05, 0.1) is 9.95 Å². The number of carbonyl (C=O) groups excluding carboxylic acids is 1. The van der Waals surface area contributed by atoms with Crippen molar-refractivity contribution in [1.82, 2.24) is 4.98 Å². The number of rotatable bonds is 3. The van der Waals surface area contributed by atoms with Crippen LogP contribution in [0, 0.1) is 10.1 Å². The van der Waals surface area contributed by atoms with Gasteiger partial charge in [-0.05, 0) is 18.2 Å². The Labute approximate surface area is 124 Å². The highest BCUT2D eigenvalue weighted by molar-refractivity contribution is 6.35. The maximum Gasteiger partial charge on any atom is 0.270 e. The van der Waals surface area contributed by atoms with Crippen LogP contribution in [0.2, 0.25) is 5.02 Å². The summed E-state index contributed by atoms with van der Waals surface area (Å²) in [6.45, 7) is 0. The normalized spacial score (nSPS) is 10.7. The number of benzene rings is 2. The number of hydrogen-bond acceptors (Lipinski definition) is 3. The highest BCUT2D eigenvalue weighted by Crippen LogP contribution is 2.27. The zero-order valence-corrected chi connectivity index (χ0v) is 11.4. The van der Waals surface area contributed by atoms with E-state index in [-0.39, 0.29) is 11.5 Å². The van der Waals surface area contributed by atoms with Gasteiger partial charge in [-0.2, -0.15) is 0 Å². The molecule has 2 aromatic carbocycles. The minimum absolute atomic E-state index is 0.0599. The van der Waals surface area contributed by atoms with Crippen molar-refractivity contribution in [3.8, 4) is 0 Å². The molecule has 0 saturated heterocycles. The van der Waals surface area contributed by atoms with Crippen molar-refractivity contribution in [3.05, 3.63) is 74.9 Å². The third-order valence-corrected chi connectivity index (χ3v) is 3.57. The summed E-state index contributed by atoms with van der Waals surface area (Å²) in [6, 6.07) is 11.1. The van der Waals surface area contributed by atoms with Gasteiger partial charge in [-0.15, -0.1) is 0 Å². The Kier molecular flexibility index (Phi) is 3.19. The zero-order chi connectivity index (χ0) is 15.0. The van der Waals surface area contributed by atoms with E-state index in [1.54, 1.807) is 36.5 Å². The second-order valence-corrected chi connectivity index (χ2v) is 4.91. The molecule has 104 valence electrons. The fourth-order valence-electron chi connectivity index (χ4n) is 2.20. The summed E-state index contributed by atoms with van der Waals surface area (Å²) in [7, 11) is 0. The predicted octanol–water partition coefficient (Wildman–Crippen LogP) is 3.96. The lowest BCUT2D eigenvalue weighted by Gasteiger charge is -2.02. The first-order valence-electron chi connectivity index (χ1n) is 6.12. The van der Waals surface area contributed by atoms with Crippen LogP contribution in [0.3, 0.4) is 0 Å². The molecule has 0 aliphatic heterocycles. The highest BCUT2D eigenvalue weighted by atomic mass is 35.5. The summed E-state index contributed by atoms with van der Waals surface area (Å²) >= 11 is 6.03. The monoisotopic (exact) mass is 300 g/mol. The molecule has 0 spiro atoms. The molecule has 0 radical (unpaired) electrons. The van der Waals surface area contributed by atoms with Crippen LogP contribution in [0.5, 0.6) is 0 Å². The lowest BCUT2D eigenvalue weighted by atomic mass is 10.0. The van der Waals surface area contributed by atoms with E-state index in [4.69, 9.17) is 11.6 Å². The van der Waals surface area contributed by atoms with Crippen LogP contribution in [-0.4, -0.2) is 15.7 Å². The topological polar surface area (TPSA) is 76.0 Å². The second kappa shape index (κ2) is 5.03. The smallest absolute Gasteiger partial charge is 0.270 e. The minimum Gasteiger partial charge on any atom is -0.360 e. The summed E-state index contributed by atoms with van der Waals surface area (Å²) in [4.78, 5) is 25.9. The van der Waals surface area contributed by atoms with Gasteiger partial charge in [0, 0.05) is 40.4 Å². The molecule has 0 fully saturated rings. The van der Waals surface area contributed by atoms with E-state index < -0.39 is 4.92 Å². The molecule has 0 saturated carbocycles. The highest BCUT2D eigenvalue weighted by Gasteiger charge is 2.18. The predicted molar refractivity (Wildman–Crippen MR) is 79.8 cm³/mol. The lowest BCUT2D eigenvalue weighted by molar-refractivity contribution is -0.384. The van der Waals surface area contributed by atoms with Crippen LogP contribution in [0.15, 0.2) is 48.7 Å². The first-order valence-corrected chi connectivity index (χ1v) is 6.50. The van der Waals surface area contributed by atoms with Gasteiger partial charge >= 0.3 is 0 Å². The summed E-state index contributed by atoms with van der Waals surface area (Å²) < 4.78 is 0.